The summed E-state index contributed by atoms with van der Waals surface area (Å²) >= 11 is 0. The third kappa shape index (κ3) is 2.57. The third-order valence-electron chi connectivity index (χ3n) is 3.59. The van der Waals surface area contributed by atoms with E-state index in [1.165, 1.54) is 0 Å². The molecule has 0 unspecified atom stereocenters. The summed E-state index contributed by atoms with van der Waals surface area (Å²) in [5.74, 6) is 1.06. The SMILES string of the molecule is Cc1cncc(COc2cccc3c2CCCC3=O)c1. The first-order valence-corrected chi connectivity index (χ1v) is 6.92. The molecule has 3 nitrogen and oxygen atoms in total. The lowest BCUT2D eigenvalue weighted by Gasteiger charge is -2.18. The molecule has 0 amide bonds. The molecule has 1 heterocycles. The summed E-state index contributed by atoms with van der Waals surface area (Å²) in [6, 6.07) is 7.80. The molecule has 0 N–H and O–H groups in total. The van der Waals surface area contributed by atoms with Gasteiger partial charge in [0, 0.05) is 35.5 Å². The van der Waals surface area contributed by atoms with E-state index in [1.807, 2.05) is 37.5 Å². The minimum absolute atomic E-state index is 0.230. The van der Waals surface area contributed by atoms with E-state index in [4.69, 9.17) is 4.74 Å². The molecule has 0 spiro atoms. The number of aromatic nitrogens is 1. The number of aryl methyl sites for hydroxylation is 1. The molecule has 102 valence electrons. The van der Waals surface area contributed by atoms with Crippen molar-refractivity contribution in [1.82, 2.24) is 4.98 Å². The summed E-state index contributed by atoms with van der Waals surface area (Å²) in [7, 11) is 0. The highest BCUT2D eigenvalue weighted by atomic mass is 16.5. The molecule has 0 saturated heterocycles. The molecular weight excluding hydrogens is 250 g/mol. The quantitative estimate of drug-likeness (QED) is 0.854. The zero-order valence-corrected chi connectivity index (χ0v) is 11.6. The second-order valence-corrected chi connectivity index (χ2v) is 5.22. The number of hydrogen-bond donors (Lipinski definition) is 0. The molecule has 20 heavy (non-hydrogen) atoms. The molecule has 1 aromatic heterocycles. The van der Waals surface area contributed by atoms with E-state index in [9.17, 15) is 4.79 Å². The summed E-state index contributed by atoms with van der Waals surface area (Å²) < 4.78 is 5.90. The molecule has 0 fully saturated rings. The molecule has 1 aliphatic carbocycles. The number of hydrogen-bond acceptors (Lipinski definition) is 3. The number of ether oxygens (including phenoxy) is 1. The van der Waals surface area contributed by atoms with Crippen LogP contribution < -0.4 is 4.74 Å². The number of rotatable bonds is 3. The second-order valence-electron chi connectivity index (χ2n) is 5.22. The van der Waals surface area contributed by atoms with Crippen LogP contribution in [0.25, 0.3) is 0 Å². The Bertz CT molecular complexity index is 649. The van der Waals surface area contributed by atoms with Gasteiger partial charge in [0.1, 0.15) is 12.4 Å². The maximum absolute atomic E-state index is 11.9. The lowest BCUT2D eigenvalue weighted by molar-refractivity contribution is 0.0971. The van der Waals surface area contributed by atoms with E-state index < -0.39 is 0 Å². The normalized spacial score (nSPS) is 13.9. The number of nitrogens with zero attached hydrogens (tertiary/aromatic N) is 1. The summed E-state index contributed by atoms with van der Waals surface area (Å²) in [5.41, 5.74) is 4.06. The van der Waals surface area contributed by atoms with E-state index in [1.54, 1.807) is 0 Å². The summed E-state index contributed by atoms with van der Waals surface area (Å²) in [6.45, 7) is 2.50. The van der Waals surface area contributed by atoms with Crippen molar-refractivity contribution < 1.29 is 9.53 Å². The molecular formula is C17H17NO2. The molecule has 3 rings (SSSR count). The van der Waals surface area contributed by atoms with Crippen LogP contribution in [-0.2, 0) is 13.0 Å². The molecule has 1 aromatic carbocycles. The Morgan fingerprint density at radius 1 is 1.25 bits per heavy atom. The van der Waals surface area contributed by atoms with Gasteiger partial charge in [0.25, 0.3) is 0 Å². The average Bonchev–Trinajstić information content (AvgIpc) is 2.46. The van der Waals surface area contributed by atoms with Gasteiger partial charge in [-0.1, -0.05) is 12.1 Å². The third-order valence-corrected chi connectivity index (χ3v) is 3.59. The standard InChI is InChI=1S/C17H17NO2/c1-12-8-13(10-18-9-12)11-20-17-7-3-4-14-15(17)5-2-6-16(14)19/h3-4,7-10H,2,5-6,11H2,1H3. The number of benzene rings is 1. The Morgan fingerprint density at radius 2 is 2.15 bits per heavy atom. The van der Waals surface area contributed by atoms with E-state index in [0.717, 1.165) is 40.8 Å². The summed E-state index contributed by atoms with van der Waals surface area (Å²) in [6.07, 6.45) is 6.12. The number of pyridine rings is 1. The number of Topliss-reactive ketones (excluding diaryl/α,β-unsaturated/α-hetero) is 1. The van der Waals surface area contributed by atoms with Gasteiger partial charge in [-0.05, 0) is 37.5 Å². The van der Waals surface area contributed by atoms with Crippen molar-refractivity contribution in [2.24, 2.45) is 0 Å². The van der Waals surface area contributed by atoms with Crippen LogP contribution in [0.15, 0.2) is 36.7 Å². The minimum Gasteiger partial charge on any atom is -0.489 e. The van der Waals surface area contributed by atoms with Gasteiger partial charge in [-0.15, -0.1) is 0 Å². The van der Waals surface area contributed by atoms with Gasteiger partial charge in [-0.2, -0.15) is 0 Å². The van der Waals surface area contributed by atoms with Gasteiger partial charge < -0.3 is 4.74 Å². The molecule has 1 aliphatic rings. The highest BCUT2D eigenvalue weighted by Crippen LogP contribution is 2.30. The highest BCUT2D eigenvalue weighted by molar-refractivity contribution is 5.99. The van der Waals surface area contributed by atoms with E-state index in [-0.39, 0.29) is 5.78 Å². The molecule has 2 aromatic rings. The van der Waals surface area contributed by atoms with Crippen molar-refractivity contribution in [3.8, 4) is 5.75 Å². The Labute approximate surface area is 118 Å². The minimum atomic E-state index is 0.230. The van der Waals surface area contributed by atoms with Crippen LogP contribution in [0.4, 0.5) is 0 Å². The van der Waals surface area contributed by atoms with Crippen molar-refractivity contribution in [2.75, 3.05) is 0 Å². The fourth-order valence-electron chi connectivity index (χ4n) is 2.64. The van der Waals surface area contributed by atoms with Crippen LogP contribution in [0.5, 0.6) is 5.75 Å². The van der Waals surface area contributed by atoms with Crippen molar-refractivity contribution in [1.29, 1.82) is 0 Å². The lowest BCUT2D eigenvalue weighted by atomic mass is 9.90. The number of fused-ring (bicyclic) bond motifs is 1. The second kappa shape index (κ2) is 5.45. The predicted octanol–water partition coefficient (Wildman–Crippen LogP) is 3.49. The first-order valence-electron chi connectivity index (χ1n) is 6.92. The maximum atomic E-state index is 11.9. The molecule has 0 radical (unpaired) electrons. The first-order chi connectivity index (χ1) is 9.74. The molecule has 3 heteroatoms. The zero-order chi connectivity index (χ0) is 13.9. The van der Waals surface area contributed by atoms with Crippen LogP contribution in [0.3, 0.4) is 0 Å². The Kier molecular flexibility index (Phi) is 3.50. The number of ketones is 1. The average molecular weight is 267 g/mol. The van der Waals surface area contributed by atoms with Gasteiger partial charge in [-0.3, -0.25) is 9.78 Å². The largest absolute Gasteiger partial charge is 0.489 e. The topological polar surface area (TPSA) is 39.2 Å². The zero-order valence-electron chi connectivity index (χ0n) is 11.6. The fourth-order valence-corrected chi connectivity index (χ4v) is 2.64. The van der Waals surface area contributed by atoms with Crippen LogP contribution in [0.2, 0.25) is 0 Å². The molecule has 0 atom stereocenters. The number of carbonyl (C=O) groups is 1. The highest BCUT2D eigenvalue weighted by Gasteiger charge is 2.20. The van der Waals surface area contributed by atoms with E-state index in [0.29, 0.717) is 13.0 Å². The molecule has 0 bridgehead atoms. The van der Waals surface area contributed by atoms with Crippen molar-refractivity contribution >= 4 is 5.78 Å². The molecule has 0 aliphatic heterocycles. The van der Waals surface area contributed by atoms with E-state index >= 15 is 0 Å². The van der Waals surface area contributed by atoms with E-state index in [2.05, 4.69) is 11.1 Å². The van der Waals surface area contributed by atoms with Crippen LogP contribution in [0.1, 0.15) is 39.9 Å². The van der Waals surface area contributed by atoms with Gasteiger partial charge in [0.15, 0.2) is 5.78 Å². The van der Waals surface area contributed by atoms with Gasteiger partial charge in [-0.25, -0.2) is 0 Å². The first kappa shape index (κ1) is 12.9. The van der Waals surface area contributed by atoms with Crippen molar-refractivity contribution in [3.05, 3.63) is 58.9 Å². The monoisotopic (exact) mass is 267 g/mol. The van der Waals surface area contributed by atoms with Crippen LogP contribution >= 0.6 is 0 Å². The predicted molar refractivity (Wildman–Crippen MR) is 77.0 cm³/mol. The fraction of sp³-hybridized carbons (Fsp3) is 0.294. The molecule has 0 saturated carbocycles. The number of carbonyl (C=O) groups excluding carboxylic acids is 1. The summed E-state index contributed by atoms with van der Waals surface area (Å²) in [4.78, 5) is 16.1. The van der Waals surface area contributed by atoms with Gasteiger partial charge in [0.05, 0.1) is 0 Å². The van der Waals surface area contributed by atoms with Crippen molar-refractivity contribution in [3.63, 3.8) is 0 Å². The Hall–Kier alpha value is -2.16. The van der Waals surface area contributed by atoms with Crippen molar-refractivity contribution in [2.45, 2.75) is 32.8 Å². The van der Waals surface area contributed by atoms with Crippen LogP contribution in [-0.4, -0.2) is 10.8 Å². The maximum Gasteiger partial charge on any atom is 0.163 e. The van der Waals surface area contributed by atoms with Gasteiger partial charge >= 0.3 is 0 Å². The smallest absolute Gasteiger partial charge is 0.163 e. The van der Waals surface area contributed by atoms with Crippen LogP contribution in [0, 0.1) is 6.92 Å². The summed E-state index contributed by atoms with van der Waals surface area (Å²) in [5, 5.41) is 0. The van der Waals surface area contributed by atoms with Gasteiger partial charge in [0.2, 0.25) is 0 Å². The Balaban J connectivity index is 1.81. The Morgan fingerprint density at radius 3 is 3.00 bits per heavy atom. The lowest BCUT2D eigenvalue weighted by Crippen LogP contribution is -2.12.